The topological polar surface area (TPSA) is 89.5 Å². The maximum absolute atomic E-state index is 12.6. The van der Waals surface area contributed by atoms with Crippen molar-refractivity contribution in [3.8, 4) is 0 Å². The molecule has 0 spiro atoms. The van der Waals surface area contributed by atoms with Crippen LogP contribution < -0.4 is 0 Å². The highest BCUT2D eigenvalue weighted by Crippen LogP contribution is 2.45. The van der Waals surface area contributed by atoms with E-state index >= 15 is 0 Å². The summed E-state index contributed by atoms with van der Waals surface area (Å²) in [4.78, 5) is 25.1. The van der Waals surface area contributed by atoms with Gasteiger partial charge in [0, 0.05) is 0 Å². The minimum atomic E-state index is -1.43. The van der Waals surface area contributed by atoms with Gasteiger partial charge in [-0.25, -0.2) is 9.59 Å². The highest BCUT2D eigenvalue weighted by atomic mass is 16.8. The highest BCUT2D eigenvalue weighted by molar-refractivity contribution is 5.89. The van der Waals surface area contributed by atoms with Gasteiger partial charge in [0.1, 0.15) is 31.5 Å². The summed E-state index contributed by atoms with van der Waals surface area (Å²) in [5, 5.41) is 0. The molecule has 8 nitrogen and oxygen atoms in total. The van der Waals surface area contributed by atoms with E-state index in [1.807, 2.05) is 26.0 Å². The van der Waals surface area contributed by atoms with E-state index in [9.17, 15) is 9.59 Å². The third-order valence-corrected chi connectivity index (χ3v) is 5.52. The second kappa shape index (κ2) is 9.84. The number of ether oxygens (including phenoxy) is 6. The summed E-state index contributed by atoms with van der Waals surface area (Å²) in [7, 11) is 0. The molecule has 2 aromatic rings. The molecule has 4 atom stereocenters. The third kappa shape index (κ3) is 5.31. The van der Waals surface area contributed by atoms with Crippen molar-refractivity contribution in [1.82, 2.24) is 0 Å². The fraction of sp³-hybridized carbons (Fsp3) is 0.462. The second-order valence-electron chi connectivity index (χ2n) is 9.06. The Morgan fingerprint density at radius 3 is 1.97 bits per heavy atom. The van der Waals surface area contributed by atoms with E-state index in [1.165, 1.54) is 0 Å². The van der Waals surface area contributed by atoms with Crippen LogP contribution in [0.15, 0.2) is 60.7 Å². The zero-order valence-corrected chi connectivity index (χ0v) is 19.8. The lowest BCUT2D eigenvalue weighted by Gasteiger charge is -2.35. The lowest BCUT2D eigenvalue weighted by Crippen LogP contribution is -2.51. The number of hydrogen-bond acceptors (Lipinski definition) is 8. The van der Waals surface area contributed by atoms with Crippen molar-refractivity contribution in [1.29, 1.82) is 0 Å². The molecular weight excluding hydrogens is 440 g/mol. The zero-order chi connectivity index (χ0) is 24.3. The molecule has 0 radical (unpaired) electrons. The average molecular weight is 471 g/mol. The van der Waals surface area contributed by atoms with Gasteiger partial charge in [0.15, 0.2) is 5.79 Å². The van der Waals surface area contributed by atoms with E-state index in [4.69, 9.17) is 28.4 Å². The second-order valence-corrected chi connectivity index (χ2v) is 9.06. The molecule has 8 heteroatoms. The van der Waals surface area contributed by atoms with Gasteiger partial charge >= 0.3 is 11.9 Å². The molecule has 2 heterocycles. The first-order valence-electron chi connectivity index (χ1n) is 11.3. The number of rotatable bonds is 8. The normalized spacial score (nSPS) is 27.4. The van der Waals surface area contributed by atoms with Crippen molar-refractivity contribution in [2.24, 2.45) is 0 Å². The molecule has 0 unspecified atom stereocenters. The van der Waals surface area contributed by atoms with Crippen molar-refractivity contribution in [2.45, 2.75) is 63.7 Å². The molecule has 2 aliphatic heterocycles. The SMILES string of the molecule is CC(C)O[C@]1(COC(=O)c2ccccc2)O[C@H](COC(=O)c2ccccc2)[C@H]2OC(C)(C)O[C@H]21. The van der Waals surface area contributed by atoms with E-state index < -0.39 is 41.8 Å². The summed E-state index contributed by atoms with van der Waals surface area (Å²) < 4.78 is 35.8. The minimum Gasteiger partial charge on any atom is -0.459 e. The number of esters is 2. The van der Waals surface area contributed by atoms with E-state index in [1.54, 1.807) is 62.4 Å². The van der Waals surface area contributed by atoms with E-state index in [-0.39, 0.29) is 19.3 Å². The Morgan fingerprint density at radius 2 is 1.41 bits per heavy atom. The van der Waals surface area contributed by atoms with Gasteiger partial charge in [-0.15, -0.1) is 0 Å². The third-order valence-electron chi connectivity index (χ3n) is 5.52. The van der Waals surface area contributed by atoms with E-state index in [0.29, 0.717) is 11.1 Å². The van der Waals surface area contributed by atoms with Crippen LogP contribution in [0, 0.1) is 0 Å². The van der Waals surface area contributed by atoms with Crippen LogP contribution in [0.3, 0.4) is 0 Å². The first-order chi connectivity index (χ1) is 16.2. The number of carbonyl (C=O) groups is 2. The predicted octanol–water partition coefficient (Wildman–Crippen LogP) is 3.74. The van der Waals surface area contributed by atoms with Gasteiger partial charge in [-0.05, 0) is 52.0 Å². The van der Waals surface area contributed by atoms with Crippen molar-refractivity contribution in [2.75, 3.05) is 13.2 Å². The highest BCUT2D eigenvalue weighted by Gasteiger charge is 2.65. The lowest BCUT2D eigenvalue weighted by atomic mass is 10.1. The molecule has 0 aliphatic carbocycles. The Hall–Kier alpha value is -2.78. The molecule has 4 rings (SSSR count). The standard InChI is InChI=1S/C26H30O8/c1-17(2)31-26(16-30-24(28)19-13-9-6-10-14-19)22-21(33-25(3,4)34-22)20(32-26)15-29-23(27)18-11-7-5-8-12-18/h5-14,17,20-22H,15-16H2,1-4H3/t20-,21-,22-,26-/m1/s1. The fourth-order valence-electron chi connectivity index (χ4n) is 4.20. The van der Waals surface area contributed by atoms with Crippen LogP contribution in [0.5, 0.6) is 0 Å². The van der Waals surface area contributed by atoms with Gasteiger partial charge in [-0.3, -0.25) is 0 Å². The summed E-state index contributed by atoms with van der Waals surface area (Å²) in [5.41, 5.74) is 0.844. The Bertz CT molecular complexity index is 990. The summed E-state index contributed by atoms with van der Waals surface area (Å²) >= 11 is 0. The quantitative estimate of drug-likeness (QED) is 0.539. The molecule has 0 N–H and O–H groups in total. The number of benzene rings is 2. The van der Waals surface area contributed by atoms with Crippen molar-refractivity contribution in [3.05, 3.63) is 71.8 Å². The van der Waals surface area contributed by atoms with Crippen LogP contribution in [0.1, 0.15) is 48.4 Å². The van der Waals surface area contributed by atoms with Crippen LogP contribution in [-0.4, -0.2) is 61.1 Å². The molecule has 34 heavy (non-hydrogen) atoms. The van der Waals surface area contributed by atoms with Crippen molar-refractivity contribution < 1.29 is 38.0 Å². The minimum absolute atomic E-state index is 0.0792. The van der Waals surface area contributed by atoms with Crippen molar-refractivity contribution >= 4 is 11.9 Å². The lowest BCUT2D eigenvalue weighted by molar-refractivity contribution is -0.315. The molecule has 0 aromatic heterocycles. The van der Waals surface area contributed by atoms with Gasteiger partial charge in [-0.1, -0.05) is 36.4 Å². The molecule has 182 valence electrons. The Balaban J connectivity index is 1.52. The smallest absolute Gasteiger partial charge is 0.338 e. The molecule has 0 amide bonds. The van der Waals surface area contributed by atoms with Gasteiger partial charge in [0.2, 0.25) is 5.79 Å². The van der Waals surface area contributed by atoms with Crippen LogP contribution in [-0.2, 0) is 28.4 Å². The molecule has 2 aliphatic rings. The number of carbonyl (C=O) groups excluding carboxylic acids is 2. The average Bonchev–Trinajstić information content (AvgIpc) is 3.28. The summed E-state index contributed by atoms with van der Waals surface area (Å²) in [6.07, 6.45) is -2.25. The number of fused-ring (bicyclic) bond motifs is 1. The van der Waals surface area contributed by atoms with E-state index in [0.717, 1.165) is 0 Å². The molecule has 2 fully saturated rings. The molecule has 0 bridgehead atoms. The summed E-state index contributed by atoms with van der Waals surface area (Å²) in [6, 6.07) is 17.4. The van der Waals surface area contributed by atoms with Gasteiger partial charge in [0.25, 0.3) is 0 Å². The summed E-state index contributed by atoms with van der Waals surface area (Å²) in [5.74, 6) is -3.34. The summed E-state index contributed by atoms with van der Waals surface area (Å²) in [6.45, 7) is 6.97. The van der Waals surface area contributed by atoms with Crippen LogP contribution >= 0.6 is 0 Å². The first kappa shape index (κ1) is 24.3. The fourth-order valence-corrected chi connectivity index (χ4v) is 4.20. The largest absolute Gasteiger partial charge is 0.459 e. The van der Waals surface area contributed by atoms with Crippen LogP contribution in [0.2, 0.25) is 0 Å². The monoisotopic (exact) mass is 470 g/mol. The number of hydrogen-bond donors (Lipinski definition) is 0. The van der Waals surface area contributed by atoms with Crippen LogP contribution in [0.25, 0.3) is 0 Å². The van der Waals surface area contributed by atoms with Gasteiger partial charge in [0.05, 0.1) is 17.2 Å². The Morgan fingerprint density at radius 1 is 0.853 bits per heavy atom. The van der Waals surface area contributed by atoms with Crippen molar-refractivity contribution in [3.63, 3.8) is 0 Å². The first-order valence-corrected chi connectivity index (χ1v) is 11.3. The van der Waals surface area contributed by atoms with Gasteiger partial charge < -0.3 is 28.4 Å². The van der Waals surface area contributed by atoms with Gasteiger partial charge in [-0.2, -0.15) is 0 Å². The zero-order valence-electron chi connectivity index (χ0n) is 19.8. The molecule has 2 aromatic carbocycles. The Kier molecular flexibility index (Phi) is 7.04. The maximum Gasteiger partial charge on any atom is 0.338 e. The van der Waals surface area contributed by atoms with Crippen LogP contribution in [0.4, 0.5) is 0 Å². The molecule has 2 saturated heterocycles. The molecule has 0 saturated carbocycles. The molecular formula is C26H30O8. The van der Waals surface area contributed by atoms with E-state index in [2.05, 4.69) is 0 Å². The predicted molar refractivity (Wildman–Crippen MR) is 121 cm³/mol. The maximum atomic E-state index is 12.6. The Labute approximate surface area is 199 Å².